The third kappa shape index (κ3) is 8.01. The van der Waals surface area contributed by atoms with Crippen LogP contribution in [0.15, 0.2) is 63.5 Å². The number of halogens is 3. The minimum Gasteiger partial charge on any atom is -0.504 e. The van der Waals surface area contributed by atoms with E-state index in [1.807, 2.05) is 52.9 Å². The summed E-state index contributed by atoms with van der Waals surface area (Å²) in [6.07, 6.45) is -0.850. The Balaban J connectivity index is 1.72. The van der Waals surface area contributed by atoms with Gasteiger partial charge in [0.15, 0.2) is 17.2 Å². The van der Waals surface area contributed by atoms with Crippen molar-refractivity contribution in [3.63, 3.8) is 0 Å². The maximum absolute atomic E-state index is 13.5. The zero-order valence-electron chi connectivity index (χ0n) is 22.3. The Kier molecular flexibility index (Phi) is 10.9. The van der Waals surface area contributed by atoms with Crippen LogP contribution in [0.2, 0.25) is 0 Å². The number of ether oxygens (including phenoxy) is 2. The van der Waals surface area contributed by atoms with E-state index in [1.165, 1.54) is 0 Å². The van der Waals surface area contributed by atoms with E-state index in [-0.39, 0.29) is 30.9 Å². The summed E-state index contributed by atoms with van der Waals surface area (Å²) in [5.74, 6) is -2.23. The van der Waals surface area contributed by atoms with Gasteiger partial charge in [-0.3, -0.25) is 9.59 Å². The second-order valence-corrected chi connectivity index (χ2v) is 12.7. The number of aromatic hydroxyl groups is 1. The van der Waals surface area contributed by atoms with E-state index < -0.39 is 42.0 Å². The number of rotatable bonds is 5. The summed E-state index contributed by atoms with van der Waals surface area (Å²) >= 11 is 8.89. The zero-order valence-corrected chi connectivity index (χ0v) is 27.6. The number of benzene rings is 3. The number of carbonyl (C=O) groups is 3. The highest BCUT2D eigenvalue weighted by atomic mass is 127. The minimum absolute atomic E-state index is 0.0606. The summed E-state index contributed by atoms with van der Waals surface area (Å²) < 4.78 is 13.4. The fourth-order valence-corrected chi connectivity index (χ4v) is 6.47. The average Bonchev–Trinajstić information content (AvgIpc) is 2.94. The van der Waals surface area contributed by atoms with Crippen LogP contribution < -0.4 is 21.1 Å². The molecule has 0 fully saturated rings. The molecular formula is C29H28Br2IN3O7. The van der Waals surface area contributed by atoms with Crippen molar-refractivity contribution >= 4 is 72.2 Å². The molecule has 2 heterocycles. The van der Waals surface area contributed by atoms with Crippen LogP contribution in [0.25, 0.3) is 0 Å². The predicted octanol–water partition coefficient (Wildman–Crippen LogP) is 4.40. The van der Waals surface area contributed by atoms with Crippen molar-refractivity contribution in [1.82, 2.24) is 10.6 Å². The van der Waals surface area contributed by atoms with Crippen molar-refractivity contribution < 1.29 is 34.1 Å². The number of nitrogens with two attached hydrogens (primary N) is 1. The predicted molar refractivity (Wildman–Crippen MR) is 170 cm³/mol. The molecule has 0 saturated carbocycles. The van der Waals surface area contributed by atoms with Gasteiger partial charge in [-0.25, -0.2) is 4.79 Å². The van der Waals surface area contributed by atoms with E-state index in [0.717, 1.165) is 5.56 Å². The standard InChI is InChI=1S/C29H28Br2IN3O7/c1-14(41-13-15-5-3-2-4-6-15)24-28(38)34-22(29(39)40)11-16-7-18(30)26(19(31)8-16)42-23-12-17(9-20(32)25(23)36)10-21(33)27(37)35-24/h2-9,12,14,21-22,24,36H,10-11,13,33H2,1H3,(H,34,38)(H,35,37)(H,39,40)/t14-,21+,22+,24+/m1/s1. The van der Waals surface area contributed by atoms with E-state index in [0.29, 0.717) is 29.4 Å². The zero-order chi connectivity index (χ0) is 30.6. The quantitative estimate of drug-likeness (QED) is 0.237. The van der Waals surface area contributed by atoms with Crippen molar-refractivity contribution in [3.05, 3.63) is 83.8 Å². The molecule has 10 nitrogen and oxygen atoms in total. The molecule has 222 valence electrons. The van der Waals surface area contributed by atoms with Gasteiger partial charge in [0.05, 0.1) is 31.3 Å². The largest absolute Gasteiger partial charge is 0.504 e. The topological polar surface area (TPSA) is 160 Å². The summed E-state index contributed by atoms with van der Waals surface area (Å²) in [7, 11) is 0. The van der Waals surface area contributed by atoms with Gasteiger partial charge in [-0.1, -0.05) is 30.3 Å². The fourth-order valence-electron chi connectivity index (χ4n) is 4.36. The summed E-state index contributed by atoms with van der Waals surface area (Å²) in [5, 5.41) is 25.9. The van der Waals surface area contributed by atoms with E-state index in [1.54, 1.807) is 31.2 Å². The Morgan fingerprint density at radius 3 is 2.36 bits per heavy atom. The highest BCUT2D eigenvalue weighted by molar-refractivity contribution is 14.1. The first-order chi connectivity index (χ1) is 19.9. The highest BCUT2D eigenvalue weighted by Gasteiger charge is 2.33. The molecule has 6 N–H and O–H groups in total. The van der Waals surface area contributed by atoms with E-state index in [9.17, 15) is 24.6 Å². The lowest BCUT2D eigenvalue weighted by Crippen LogP contribution is -2.59. The number of nitrogens with one attached hydrogen (secondary N) is 2. The highest BCUT2D eigenvalue weighted by Crippen LogP contribution is 2.42. The number of phenols is 1. The Morgan fingerprint density at radius 2 is 1.71 bits per heavy atom. The molecule has 5 rings (SSSR count). The third-order valence-corrected chi connectivity index (χ3v) is 8.61. The van der Waals surface area contributed by atoms with Crippen molar-refractivity contribution in [3.8, 4) is 17.2 Å². The van der Waals surface area contributed by atoms with Gasteiger partial charge >= 0.3 is 5.97 Å². The van der Waals surface area contributed by atoms with E-state index >= 15 is 0 Å². The monoisotopic (exact) mass is 815 g/mol. The van der Waals surface area contributed by atoms with Gasteiger partial charge in [-0.2, -0.15) is 0 Å². The smallest absolute Gasteiger partial charge is 0.326 e. The van der Waals surface area contributed by atoms with Crippen molar-refractivity contribution in [1.29, 1.82) is 0 Å². The van der Waals surface area contributed by atoms with Crippen LogP contribution in [0.1, 0.15) is 23.6 Å². The minimum atomic E-state index is -1.33. The molecule has 0 aromatic heterocycles. The number of phenolic OH excluding ortho intramolecular Hbond substituents is 1. The fraction of sp³-hybridized carbons (Fsp3) is 0.276. The van der Waals surface area contributed by atoms with Gasteiger partial charge in [0.1, 0.15) is 12.1 Å². The van der Waals surface area contributed by atoms with Crippen molar-refractivity contribution in [2.75, 3.05) is 0 Å². The molecule has 13 heteroatoms. The van der Waals surface area contributed by atoms with Crippen LogP contribution in [0.5, 0.6) is 17.2 Å². The first-order valence-electron chi connectivity index (χ1n) is 12.8. The molecule has 3 aromatic rings. The maximum atomic E-state index is 13.5. The molecular weight excluding hydrogens is 789 g/mol. The molecule has 42 heavy (non-hydrogen) atoms. The summed E-state index contributed by atoms with van der Waals surface area (Å²) in [6, 6.07) is 12.3. The number of hydrogen-bond donors (Lipinski definition) is 5. The molecule has 0 saturated heterocycles. The average molecular weight is 817 g/mol. The van der Waals surface area contributed by atoms with Gasteiger partial charge in [0, 0.05) is 6.42 Å². The summed E-state index contributed by atoms with van der Waals surface area (Å²) in [6.45, 7) is 1.79. The van der Waals surface area contributed by atoms with E-state index in [2.05, 4.69) is 42.5 Å². The first kappa shape index (κ1) is 32.2. The van der Waals surface area contributed by atoms with Crippen LogP contribution in [-0.2, 0) is 38.6 Å². The second kappa shape index (κ2) is 14.2. The number of carboxylic acids is 1. The van der Waals surface area contributed by atoms with Crippen LogP contribution >= 0.6 is 54.5 Å². The normalized spacial score (nSPS) is 20.2. The van der Waals surface area contributed by atoms with Gasteiger partial charge in [-0.15, -0.1) is 0 Å². The number of carbonyl (C=O) groups excluding carboxylic acids is 2. The number of fused-ring (bicyclic) bond motifs is 10. The summed E-state index contributed by atoms with van der Waals surface area (Å²) in [4.78, 5) is 39.0. The molecule has 0 unspecified atom stereocenters. The summed E-state index contributed by atoms with van der Waals surface area (Å²) in [5.41, 5.74) is 8.31. The molecule has 0 aliphatic carbocycles. The van der Waals surface area contributed by atoms with Gasteiger partial charge in [0.25, 0.3) is 0 Å². The number of hydrogen-bond acceptors (Lipinski definition) is 7. The molecule has 2 amide bonds. The van der Waals surface area contributed by atoms with Crippen LogP contribution in [0.4, 0.5) is 0 Å². The van der Waals surface area contributed by atoms with Crippen LogP contribution in [-0.4, -0.2) is 52.2 Å². The molecule has 4 atom stereocenters. The Morgan fingerprint density at radius 1 is 1.07 bits per heavy atom. The van der Waals surface area contributed by atoms with Crippen molar-refractivity contribution in [2.45, 2.75) is 50.6 Å². The van der Waals surface area contributed by atoms with Gasteiger partial charge < -0.3 is 36.1 Å². The maximum Gasteiger partial charge on any atom is 0.326 e. The molecule has 2 aliphatic heterocycles. The molecule has 2 aliphatic rings. The number of carboxylic acid groups (broad SMARTS) is 1. The molecule has 4 bridgehead atoms. The molecule has 3 aromatic carbocycles. The Bertz CT molecular complexity index is 1470. The van der Waals surface area contributed by atoms with Crippen molar-refractivity contribution in [2.24, 2.45) is 5.73 Å². The number of amides is 2. The lowest BCUT2D eigenvalue weighted by atomic mass is 10.0. The number of aliphatic carboxylic acids is 1. The molecule has 0 spiro atoms. The lowest BCUT2D eigenvalue weighted by Gasteiger charge is -2.27. The third-order valence-electron chi connectivity index (χ3n) is 6.61. The Labute approximate surface area is 272 Å². The van der Waals surface area contributed by atoms with Gasteiger partial charge in [0.2, 0.25) is 11.8 Å². The lowest BCUT2D eigenvalue weighted by molar-refractivity contribution is -0.143. The molecule has 0 radical (unpaired) electrons. The van der Waals surface area contributed by atoms with E-state index in [4.69, 9.17) is 15.2 Å². The SMILES string of the molecule is C[C@@H](OCc1ccccc1)[C@@H]1NC(=O)[C@@H](N)Cc2cc(I)c(O)c(c2)Oc2c(Br)cc(cc2Br)C[C@@H](C(=O)O)NC1=O. The second-order valence-electron chi connectivity index (χ2n) is 9.82. The van der Waals surface area contributed by atoms with Crippen LogP contribution in [0, 0.1) is 3.57 Å². The van der Waals surface area contributed by atoms with Gasteiger partial charge in [-0.05, 0) is 109 Å². The Hall–Kier alpha value is -2.72. The van der Waals surface area contributed by atoms with Crippen LogP contribution in [0.3, 0.4) is 0 Å². The first-order valence-corrected chi connectivity index (χ1v) is 15.5.